The number of nitriles is 1. The largest absolute Gasteiger partial charge is 0.443 e. The first kappa shape index (κ1) is 22.1. The van der Waals surface area contributed by atoms with Crippen molar-refractivity contribution in [2.45, 2.75) is 20.0 Å². The van der Waals surface area contributed by atoms with Gasteiger partial charge >= 0.3 is 0 Å². The minimum absolute atomic E-state index is 0.228. The van der Waals surface area contributed by atoms with Gasteiger partial charge in [-0.3, -0.25) is 9.36 Å². The van der Waals surface area contributed by atoms with Crippen LogP contribution < -0.4 is 5.32 Å². The van der Waals surface area contributed by atoms with Crippen LogP contribution in [0.1, 0.15) is 32.8 Å². The predicted molar refractivity (Wildman–Crippen MR) is 128 cm³/mol. The number of hydrogen-bond acceptors (Lipinski definition) is 4. The van der Waals surface area contributed by atoms with Crippen LogP contribution in [0.2, 0.25) is 0 Å². The van der Waals surface area contributed by atoms with Crippen molar-refractivity contribution in [2.75, 3.05) is 14.1 Å². The van der Waals surface area contributed by atoms with Gasteiger partial charge in [0.2, 0.25) is 5.88 Å². The van der Waals surface area contributed by atoms with Gasteiger partial charge < -0.3 is 14.6 Å². The predicted octanol–water partition coefficient (Wildman–Crippen LogP) is 4.91. The Kier molecular flexibility index (Phi) is 6.43. The van der Waals surface area contributed by atoms with Crippen LogP contribution in [0, 0.1) is 18.3 Å². The second-order valence-electron chi connectivity index (χ2n) is 8.19. The van der Waals surface area contributed by atoms with Crippen molar-refractivity contribution >= 4 is 5.91 Å². The van der Waals surface area contributed by atoms with Crippen LogP contribution in [0.15, 0.2) is 77.5 Å². The van der Waals surface area contributed by atoms with E-state index in [1.165, 1.54) is 5.56 Å². The van der Waals surface area contributed by atoms with Crippen LogP contribution in [0.25, 0.3) is 17.0 Å². The maximum atomic E-state index is 13.1. The van der Waals surface area contributed by atoms with Crippen LogP contribution in [-0.2, 0) is 13.1 Å². The fraction of sp³-hybridized carbons (Fsp3) is 0.185. The van der Waals surface area contributed by atoms with Crippen molar-refractivity contribution in [3.05, 3.63) is 101 Å². The lowest BCUT2D eigenvalue weighted by atomic mass is 9.98. The summed E-state index contributed by atoms with van der Waals surface area (Å²) < 4.78 is 7.45. The number of aromatic nitrogens is 1. The maximum absolute atomic E-state index is 13.1. The highest BCUT2D eigenvalue weighted by Gasteiger charge is 2.24. The van der Waals surface area contributed by atoms with Gasteiger partial charge in [-0.25, -0.2) is 0 Å². The Hall–Kier alpha value is -4.08. The number of benzene rings is 2. The zero-order valence-electron chi connectivity index (χ0n) is 19.0. The molecule has 2 aromatic carbocycles. The molecule has 0 spiro atoms. The molecule has 0 radical (unpaired) electrons. The zero-order chi connectivity index (χ0) is 23.4. The summed E-state index contributed by atoms with van der Waals surface area (Å²) in [6.45, 7) is 2.92. The molecular formula is C27H26N4O2. The van der Waals surface area contributed by atoms with Gasteiger partial charge in [0.25, 0.3) is 5.91 Å². The Labute approximate surface area is 193 Å². The molecule has 0 saturated heterocycles. The summed E-state index contributed by atoms with van der Waals surface area (Å²) in [6.07, 6.45) is 3.56. The molecule has 2 aromatic heterocycles. The lowest BCUT2D eigenvalue weighted by Crippen LogP contribution is -2.24. The summed E-state index contributed by atoms with van der Waals surface area (Å²) in [5.74, 6) is 0.434. The zero-order valence-corrected chi connectivity index (χ0v) is 19.0. The molecule has 0 unspecified atom stereocenters. The van der Waals surface area contributed by atoms with E-state index in [9.17, 15) is 10.1 Å². The summed E-state index contributed by atoms with van der Waals surface area (Å²) in [4.78, 5) is 15.2. The van der Waals surface area contributed by atoms with Crippen molar-refractivity contribution in [3.8, 4) is 23.1 Å². The van der Waals surface area contributed by atoms with Crippen molar-refractivity contribution in [2.24, 2.45) is 0 Å². The number of nitrogens with zero attached hydrogens (tertiary/aromatic N) is 3. The summed E-state index contributed by atoms with van der Waals surface area (Å²) >= 11 is 0. The van der Waals surface area contributed by atoms with Crippen LogP contribution in [0.5, 0.6) is 0 Å². The quantitative estimate of drug-likeness (QED) is 0.445. The van der Waals surface area contributed by atoms with Gasteiger partial charge in [-0.2, -0.15) is 5.26 Å². The number of carbonyl (C=O) groups excluding carboxylic acids is 1. The second-order valence-corrected chi connectivity index (χ2v) is 8.19. The molecule has 6 heteroatoms. The Bertz CT molecular complexity index is 1290. The first-order chi connectivity index (χ1) is 16.0. The molecule has 33 heavy (non-hydrogen) atoms. The van der Waals surface area contributed by atoms with Gasteiger partial charge in [-0.1, -0.05) is 48.5 Å². The minimum atomic E-state index is -0.331. The number of nitrogens with one attached hydrogen (secondary N) is 1. The summed E-state index contributed by atoms with van der Waals surface area (Å²) in [7, 11) is 4.10. The Morgan fingerprint density at radius 2 is 1.76 bits per heavy atom. The van der Waals surface area contributed by atoms with Crippen LogP contribution in [0.4, 0.5) is 0 Å². The van der Waals surface area contributed by atoms with Crippen molar-refractivity contribution in [3.63, 3.8) is 0 Å². The molecule has 0 aliphatic carbocycles. The Morgan fingerprint density at radius 1 is 1.06 bits per heavy atom. The lowest BCUT2D eigenvalue weighted by molar-refractivity contribution is 0.0949. The van der Waals surface area contributed by atoms with E-state index in [2.05, 4.69) is 46.6 Å². The van der Waals surface area contributed by atoms with E-state index >= 15 is 0 Å². The van der Waals surface area contributed by atoms with Crippen molar-refractivity contribution in [1.82, 2.24) is 14.8 Å². The lowest BCUT2D eigenvalue weighted by Gasteiger charge is -2.13. The molecule has 0 saturated carbocycles. The molecule has 1 N–H and O–H groups in total. The molecule has 4 rings (SSSR count). The van der Waals surface area contributed by atoms with Gasteiger partial charge in [-0.15, -0.1) is 0 Å². The third-order valence-corrected chi connectivity index (χ3v) is 5.46. The Morgan fingerprint density at radius 3 is 2.42 bits per heavy atom. The van der Waals surface area contributed by atoms with Gasteiger partial charge in [0, 0.05) is 25.5 Å². The highest BCUT2D eigenvalue weighted by Crippen LogP contribution is 2.27. The number of furan rings is 1. The highest BCUT2D eigenvalue weighted by atomic mass is 16.4. The van der Waals surface area contributed by atoms with E-state index in [1.807, 2.05) is 44.4 Å². The van der Waals surface area contributed by atoms with Gasteiger partial charge in [0.1, 0.15) is 23.0 Å². The molecule has 2 heterocycles. The van der Waals surface area contributed by atoms with E-state index in [1.54, 1.807) is 23.9 Å². The molecule has 0 aliphatic rings. The van der Waals surface area contributed by atoms with Gasteiger partial charge in [-0.05, 0) is 55.4 Å². The fourth-order valence-electron chi connectivity index (χ4n) is 3.93. The number of aryl methyl sites for hydroxylation is 1. The molecule has 166 valence electrons. The highest BCUT2D eigenvalue weighted by molar-refractivity contribution is 5.98. The van der Waals surface area contributed by atoms with Crippen LogP contribution >= 0.6 is 0 Å². The number of hydrogen-bond donors (Lipinski definition) is 1. The van der Waals surface area contributed by atoms with Gasteiger partial charge in [0.05, 0.1) is 0 Å². The molecule has 1 amide bonds. The summed E-state index contributed by atoms with van der Waals surface area (Å²) in [5, 5.41) is 12.7. The van der Waals surface area contributed by atoms with Crippen LogP contribution in [-0.4, -0.2) is 29.5 Å². The number of carbonyl (C=O) groups is 1. The van der Waals surface area contributed by atoms with Crippen molar-refractivity contribution < 1.29 is 9.21 Å². The second kappa shape index (κ2) is 9.60. The third-order valence-electron chi connectivity index (χ3n) is 5.46. The topological polar surface area (TPSA) is 74.2 Å². The molecule has 0 bridgehead atoms. The van der Waals surface area contributed by atoms with E-state index in [0.29, 0.717) is 18.2 Å². The standard InChI is InChI=1S/C27H26N4O2/c1-19-25(24(16-28)27(33-19)31-14-6-7-15-31)26(32)29-17-22-8-4-5-9-23(22)21-12-10-20(11-13-21)18-30(2)3/h4-15H,17-18H2,1-3H3,(H,29,32). The van der Waals surface area contributed by atoms with E-state index in [0.717, 1.165) is 23.2 Å². The first-order valence-corrected chi connectivity index (χ1v) is 10.7. The Balaban J connectivity index is 1.55. The normalized spacial score (nSPS) is 10.9. The molecule has 4 aromatic rings. The monoisotopic (exact) mass is 438 g/mol. The number of amides is 1. The third kappa shape index (κ3) is 4.74. The first-order valence-electron chi connectivity index (χ1n) is 10.7. The van der Waals surface area contributed by atoms with Gasteiger partial charge in [0.15, 0.2) is 0 Å². The smallest absolute Gasteiger partial charge is 0.256 e. The molecule has 0 fully saturated rings. The number of rotatable bonds is 7. The van der Waals surface area contributed by atoms with Crippen LogP contribution in [0.3, 0.4) is 0 Å². The average molecular weight is 439 g/mol. The summed E-state index contributed by atoms with van der Waals surface area (Å²) in [5.41, 5.74) is 4.89. The van der Waals surface area contributed by atoms with E-state index in [-0.39, 0.29) is 17.0 Å². The average Bonchev–Trinajstić information content (AvgIpc) is 3.45. The maximum Gasteiger partial charge on any atom is 0.256 e. The van der Waals surface area contributed by atoms with Crippen molar-refractivity contribution in [1.29, 1.82) is 5.26 Å². The molecular weight excluding hydrogens is 412 g/mol. The van der Waals surface area contributed by atoms with E-state index < -0.39 is 0 Å². The molecule has 6 nitrogen and oxygen atoms in total. The fourth-order valence-corrected chi connectivity index (χ4v) is 3.93. The molecule has 0 atom stereocenters. The minimum Gasteiger partial charge on any atom is -0.443 e. The summed E-state index contributed by atoms with van der Waals surface area (Å²) in [6, 6.07) is 22.3. The molecule has 0 aliphatic heterocycles. The SMILES string of the molecule is Cc1oc(-n2cccc2)c(C#N)c1C(=O)NCc1ccccc1-c1ccc(CN(C)C)cc1. The van der Waals surface area contributed by atoms with E-state index in [4.69, 9.17) is 4.42 Å².